The van der Waals surface area contributed by atoms with Crippen LogP contribution < -0.4 is 4.74 Å². The first-order chi connectivity index (χ1) is 7.12. The number of carbonyl (C=O) groups excluding carboxylic acids is 1. The molecule has 15 heavy (non-hydrogen) atoms. The fourth-order valence-electron chi connectivity index (χ4n) is 2.00. The van der Waals surface area contributed by atoms with Crippen LogP contribution in [0.25, 0.3) is 0 Å². The van der Waals surface area contributed by atoms with Gasteiger partial charge in [0.25, 0.3) is 0 Å². The van der Waals surface area contributed by atoms with E-state index in [-0.39, 0.29) is 34.0 Å². The van der Waals surface area contributed by atoms with Crippen molar-refractivity contribution in [2.24, 2.45) is 5.41 Å². The van der Waals surface area contributed by atoms with Gasteiger partial charge in [-0.15, -0.1) is 0 Å². The van der Waals surface area contributed by atoms with Crippen LogP contribution in [0.5, 0.6) is 17.2 Å². The molecule has 2 N–H and O–H groups in total. The zero-order chi connectivity index (χ0) is 10.6. The zero-order valence-corrected chi connectivity index (χ0v) is 7.99. The quantitative estimate of drug-likeness (QED) is 0.674. The fourth-order valence-corrected chi connectivity index (χ4v) is 2.00. The van der Waals surface area contributed by atoms with Gasteiger partial charge in [-0.1, -0.05) is 0 Å². The molecule has 1 fully saturated rings. The number of rotatable bonds is 0. The highest BCUT2D eigenvalue weighted by atomic mass is 16.5. The van der Waals surface area contributed by atoms with E-state index in [2.05, 4.69) is 0 Å². The number of phenols is 2. The summed E-state index contributed by atoms with van der Waals surface area (Å²) in [6.07, 6.45) is 1.65. The molecule has 1 spiro atoms. The number of aromatic hydroxyl groups is 2. The van der Waals surface area contributed by atoms with Crippen molar-refractivity contribution in [1.29, 1.82) is 0 Å². The summed E-state index contributed by atoms with van der Waals surface area (Å²) in [6, 6.07) is 2.53. The van der Waals surface area contributed by atoms with E-state index >= 15 is 0 Å². The van der Waals surface area contributed by atoms with Crippen LogP contribution in [0.2, 0.25) is 0 Å². The van der Waals surface area contributed by atoms with Gasteiger partial charge in [0, 0.05) is 12.1 Å². The number of benzene rings is 1. The van der Waals surface area contributed by atoms with Crippen LogP contribution in [-0.4, -0.2) is 22.6 Å². The smallest absolute Gasteiger partial charge is 0.179 e. The molecule has 1 saturated carbocycles. The predicted molar refractivity (Wildman–Crippen MR) is 51.3 cm³/mol. The van der Waals surface area contributed by atoms with Crippen molar-refractivity contribution in [2.45, 2.75) is 12.8 Å². The normalized spacial score (nSPS) is 20.9. The van der Waals surface area contributed by atoms with Crippen LogP contribution in [0, 0.1) is 5.41 Å². The number of fused-ring (bicyclic) bond motifs is 1. The van der Waals surface area contributed by atoms with Gasteiger partial charge in [-0.2, -0.15) is 0 Å². The van der Waals surface area contributed by atoms with Crippen molar-refractivity contribution in [3.63, 3.8) is 0 Å². The van der Waals surface area contributed by atoms with Crippen molar-refractivity contribution in [3.05, 3.63) is 17.7 Å². The molecule has 0 aromatic heterocycles. The summed E-state index contributed by atoms with van der Waals surface area (Å²) in [5.41, 5.74) is -0.168. The van der Waals surface area contributed by atoms with Crippen LogP contribution in [0.1, 0.15) is 23.2 Å². The highest BCUT2D eigenvalue weighted by Gasteiger charge is 2.54. The Balaban J connectivity index is 2.18. The molecule has 1 aliphatic carbocycles. The summed E-state index contributed by atoms with van der Waals surface area (Å²) in [7, 11) is 0. The number of carbonyl (C=O) groups is 1. The topological polar surface area (TPSA) is 66.8 Å². The minimum atomic E-state index is -0.387. The van der Waals surface area contributed by atoms with E-state index in [9.17, 15) is 15.0 Å². The molecule has 0 atom stereocenters. The van der Waals surface area contributed by atoms with Gasteiger partial charge in [0.05, 0.1) is 5.41 Å². The number of hydrogen-bond acceptors (Lipinski definition) is 4. The van der Waals surface area contributed by atoms with E-state index in [0.717, 1.165) is 12.8 Å². The second-order valence-corrected chi connectivity index (χ2v) is 4.24. The molecular weight excluding hydrogens is 196 g/mol. The number of phenolic OH excluding ortho intramolecular Hbond substituents is 2. The molecule has 1 aromatic rings. The lowest BCUT2D eigenvalue weighted by atomic mass is 9.91. The molecule has 2 aliphatic rings. The Bertz CT molecular complexity index is 460. The molecule has 0 amide bonds. The maximum absolute atomic E-state index is 12.0. The van der Waals surface area contributed by atoms with Gasteiger partial charge in [-0.05, 0) is 12.8 Å². The Labute approximate surface area is 86.1 Å². The highest BCUT2D eigenvalue weighted by Crippen LogP contribution is 2.54. The van der Waals surface area contributed by atoms with Gasteiger partial charge in [0.1, 0.15) is 29.4 Å². The molecule has 78 valence electrons. The predicted octanol–water partition coefficient (Wildman–Crippen LogP) is 1.45. The Hall–Kier alpha value is -1.71. The third-order valence-electron chi connectivity index (χ3n) is 3.13. The van der Waals surface area contributed by atoms with Crippen LogP contribution in [0.4, 0.5) is 0 Å². The Morgan fingerprint density at radius 3 is 2.67 bits per heavy atom. The molecule has 1 heterocycles. The molecule has 0 radical (unpaired) electrons. The monoisotopic (exact) mass is 206 g/mol. The van der Waals surface area contributed by atoms with E-state index < -0.39 is 0 Å². The SMILES string of the molecule is O=C1c2c(O)cc(O)cc2OCC12CC2. The molecule has 4 nitrogen and oxygen atoms in total. The lowest BCUT2D eigenvalue weighted by Gasteiger charge is -2.24. The maximum atomic E-state index is 12.0. The third kappa shape index (κ3) is 1.04. The van der Waals surface area contributed by atoms with Crippen molar-refractivity contribution in [1.82, 2.24) is 0 Å². The number of hydrogen-bond donors (Lipinski definition) is 2. The van der Waals surface area contributed by atoms with Gasteiger partial charge < -0.3 is 14.9 Å². The molecule has 3 rings (SSSR count). The average molecular weight is 206 g/mol. The molecule has 1 aromatic carbocycles. The summed E-state index contributed by atoms with van der Waals surface area (Å²) < 4.78 is 5.39. The summed E-state index contributed by atoms with van der Waals surface area (Å²) in [5, 5.41) is 18.9. The molecule has 0 bridgehead atoms. The first-order valence-corrected chi connectivity index (χ1v) is 4.86. The summed E-state index contributed by atoms with van der Waals surface area (Å²) >= 11 is 0. The second kappa shape index (κ2) is 2.45. The zero-order valence-electron chi connectivity index (χ0n) is 7.99. The van der Waals surface area contributed by atoms with E-state index in [1.807, 2.05) is 0 Å². The van der Waals surface area contributed by atoms with Crippen molar-refractivity contribution in [2.75, 3.05) is 6.61 Å². The van der Waals surface area contributed by atoms with E-state index in [4.69, 9.17) is 4.74 Å². The molecule has 1 aliphatic heterocycles. The Morgan fingerprint density at radius 2 is 2.00 bits per heavy atom. The van der Waals surface area contributed by atoms with Crippen molar-refractivity contribution >= 4 is 5.78 Å². The Morgan fingerprint density at radius 1 is 1.27 bits per heavy atom. The summed E-state index contributed by atoms with van der Waals surface area (Å²) in [4.78, 5) is 12.0. The van der Waals surface area contributed by atoms with Crippen LogP contribution in [0.15, 0.2) is 12.1 Å². The Kier molecular flexibility index (Phi) is 1.40. The van der Waals surface area contributed by atoms with Gasteiger partial charge in [0.15, 0.2) is 5.78 Å². The van der Waals surface area contributed by atoms with Gasteiger partial charge >= 0.3 is 0 Å². The third-order valence-corrected chi connectivity index (χ3v) is 3.13. The van der Waals surface area contributed by atoms with Crippen LogP contribution in [-0.2, 0) is 0 Å². The van der Waals surface area contributed by atoms with Crippen molar-refractivity contribution < 1.29 is 19.7 Å². The first-order valence-electron chi connectivity index (χ1n) is 4.86. The summed E-state index contributed by atoms with van der Waals surface area (Å²) in [6.45, 7) is 0.363. The molecule has 4 heteroatoms. The molecule has 0 unspecified atom stereocenters. The average Bonchev–Trinajstić information content (AvgIpc) is 2.92. The number of ketones is 1. The van der Waals surface area contributed by atoms with Gasteiger partial charge in [0.2, 0.25) is 0 Å². The number of ether oxygens (including phenoxy) is 1. The second-order valence-electron chi connectivity index (χ2n) is 4.24. The van der Waals surface area contributed by atoms with E-state index in [1.54, 1.807) is 0 Å². The summed E-state index contributed by atoms with van der Waals surface area (Å²) in [5.74, 6) is -0.0527. The minimum absolute atomic E-state index is 0.0544. The molecule has 0 saturated heterocycles. The van der Waals surface area contributed by atoms with Crippen molar-refractivity contribution in [3.8, 4) is 17.2 Å². The van der Waals surface area contributed by atoms with E-state index in [1.165, 1.54) is 12.1 Å². The standard InChI is InChI=1S/C11H10O4/c12-6-3-7(13)9-8(4-6)15-5-11(1-2-11)10(9)14/h3-4,12-13H,1-2,5H2. The maximum Gasteiger partial charge on any atom is 0.179 e. The first kappa shape index (κ1) is 8.59. The fraction of sp³-hybridized carbons (Fsp3) is 0.364. The molecular formula is C11H10O4. The largest absolute Gasteiger partial charge is 0.508 e. The van der Waals surface area contributed by atoms with E-state index in [0.29, 0.717) is 6.61 Å². The lowest BCUT2D eigenvalue weighted by Crippen LogP contribution is -2.29. The lowest BCUT2D eigenvalue weighted by molar-refractivity contribution is 0.0793. The highest BCUT2D eigenvalue weighted by molar-refractivity contribution is 6.07. The number of Topliss-reactive ketones (excluding diaryl/α,β-unsaturated/α-hetero) is 1. The van der Waals surface area contributed by atoms with Crippen LogP contribution >= 0.6 is 0 Å². The van der Waals surface area contributed by atoms with Crippen LogP contribution in [0.3, 0.4) is 0 Å². The minimum Gasteiger partial charge on any atom is -0.508 e. The van der Waals surface area contributed by atoms with Gasteiger partial charge in [-0.25, -0.2) is 0 Å². The van der Waals surface area contributed by atoms with Gasteiger partial charge in [-0.3, -0.25) is 4.79 Å².